The molecule has 0 spiro atoms. The van der Waals surface area contributed by atoms with Crippen LogP contribution in [0.15, 0.2) is 4.99 Å². The number of ether oxygens (including phenoxy) is 3. The van der Waals surface area contributed by atoms with Gasteiger partial charge in [-0.05, 0) is 6.42 Å². The van der Waals surface area contributed by atoms with Crippen LogP contribution in [0.1, 0.15) is 34.6 Å². The Balaban J connectivity index is 0.00000242. The molecule has 0 aromatic rings. The Kier molecular flexibility index (Phi) is 7.29. The first-order valence-corrected chi connectivity index (χ1v) is 7.63. The Hall–Kier alpha value is -1.14. The predicted molar refractivity (Wildman–Crippen MR) is 86.3 cm³/mol. The van der Waals surface area contributed by atoms with E-state index >= 15 is 0 Å². The number of aliphatic imine (C=N–C) groups is 1. The Morgan fingerprint density at radius 2 is 1.91 bits per heavy atom. The van der Waals surface area contributed by atoms with Crippen molar-refractivity contribution in [1.82, 2.24) is 4.90 Å². The smallest absolute Gasteiger partial charge is 0.435 e. The highest BCUT2D eigenvalue weighted by atomic mass is 16.5. The van der Waals surface area contributed by atoms with E-state index < -0.39 is 6.09 Å². The lowest BCUT2D eigenvalue weighted by atomic mass is 9.93. The van der Waals surface area contributed by atoms with Crippen LogP contribution in [0, 0.1) is 11.3 Å². The van der Waals surface area contributed by atoms with Crippen LogP contribution in [0.4, 0.5) is 4.79 Å². The molecule has 0 bridgehead atoms. The van der Waals surface area contributed by atoms with Crippen molar-refractivity contribution in [2.45, 2.75) is 34.6 Å². The number of amides is 1. The summed E-state index contributed by atoms with van der Waals surface area (Å²) in [6.45, 7) is 10.9. The van der Waals surface area contributed by atoms with Gasteiger partial charge in [0.15, 0.2) is 0 Å². The third-order valence-electron chi connectivity index (χ3n) is 3.65. The van der Waals surface area contributed by atoms with Gasteiger partial charge in [0.05, 0.1) is 26.4 Å². The minimum atomic E-state index is -0.502. The summed E-state index contributed by atoms with van der Waals surface area (Å²) in [6, 6.07) is 0. The summed E-state index contributed by atoms with van der Waals surface area (Å²) in [5, 5.41) is 0. The number of rotatable bonds is 2. The molecule has 2 aliphatic rings. The fourth-order valence-electron chi connectivity index (χ4n) is 2.51. The van der Waals surface area contributed by atoms with Crippen molar-refractivity contribution in [1.29, 1.82) is 0 Å². The number of nitrogens with zero attached hydrogens (tertiary/aromatic N) is 2. The first kappa shape index (κ1) is 18.9. The zero-order valence-corrected chi connectivity index (χ0v) is 13.3. The van der Waals surface area contributed by atoms with Crippen molar-refractivity contribution in [3.63, 3.8) is 0 Å². The van der Waals surface area contributed by atoms with E-state index in [1.54, 1.807) is 0 Å². The van der Waals surface area contributed by atoms with Crippen molar-refractivity contribution < 1.29 is 19.0 Å². The highest BCUT2D eigenvalue weighted by Gasteiger charge is 2.28. The summed E-state index contributed by atoms with van der Waals surface area (Å²) in [7, 11) is 0. The van der Waals surface area contributed by atoms with Gasteiger partial charge in [-0.1, -0.05) is 28.2 Å². The Bertz CT molecular complexity index is 378. The summed E-state index contributed by atoms with van der Waals surface area (Å²) in [5.41, 5.74) is -0.202. The molecular formula is C16H30N2O4. The van der Waals surface area contributed by atoms with Crippen LogP contribution in [0.25, 0.3) is 0 Å². The van der Waals surface area contributed by atoms with E-state index in [2.05, 4.69) is 30.7 Å². The topological polar surface area (TPSA) is 60.4 Å². The monoisotopic (exact) mass is 314 g/mol. The van der Waals surface area contributed by atoms with Gasteiger partial charge in [0.25, 0.3) is 0 Å². The predicted octanol–water partition coefficient (Wildman–Crippen LogP) is 2.57. The SMILES string of the molecule is C.CC(C)(C)C(=NC(=O)OCC1CCOC1)N1CCOCC1. The third-order valence-corrected chi connectivity index (χ3v) is 3.65. The molecule has 22 heavy (non-hydrogen) atoms. The molecule has 0 N–H and O–H groups in total. The van der Waals surface area contributed by atoms with Gasteiger partial charge in [0.1, 0.15) is 5.84 Å². The second kappa shape index (κ2) is 8.48. The first-order valence-electron chi connectivity index (χ1n) is 7.63. The minimum Gasteiger partial charge on any atom is -0.447 e. The largest absolute Gasteiger partial charge is 0.447 e. The zero-order chi connectivity index (χ0) is 15.3. The lowest BCUT2D eigenvalue weighted by molar-refractivity contribution is 0.0641. The molecule has 1 atom stereocenters. The highest BCUT2D eigenvalue weighted by Crippen LogP contribution is 2.21. The van der Waals surface area contributed by atoms with E-state index in [1.165, 1.54) is 0 Å². The molecule has 1 unspecified atom stereocenters. The van der Waals surface area contributed by atoms with Crippen LogP contribution in [0.3, 0.4) is 0 Å². The van der Waals surface area contributed by atoms with Crippen LogP contribution in [-0.2, 0) is 14.2 Å². The maximum absolute atomic E-state index is 12.0. The van der Waals surface area contributed by atoms with Crippen molar-refractivity contribution in [2.75, 3.05) is 46.1 Å². The van der Waals surface area contributed by atoms with E-state index in [-0.39, 0.29) is 12.8 Å². The lowest BCUT2D eigenvalue weighted by Gasteiger charge is -2.35. The number of amidine groups is 1. The molecule has 0 aromatic carbocycles. The minimum absolute atomic E-state index is 0. The normalized spacial score (nSPS) is 23.1. The molecule has 0 aliphatic carbocycles. The van der Waals surface area contributed by atoms with Gasteiger partial charge in [-0.2, -0.15) is 4.99 Å². The summed E-state index contributed by atoms with van der Waals surface area (Å²) in [5.74, 6) is 1.09. The van der Waals surface area contributed by atoms with Gasteiger partial charge in [0.2, 0.25) is 0 Å². The number of morpholine rings is 1. The Morgan fingerprint density at radius 3 is 2.45 bits per heavy atom. The van der Waals surface area contributed by atoms with Gasteiger partial charge < -0.3 is 19.1 Å². The number of hydrogen-bond donors (Lipinski definition) is 0. The molecule has 6 nitrogen and oxygen atoms in total. The maximum Gasteiger partial charge on any atom is 0.435 e. The quantitative estimate of drug-likeness (QED) is 0.579. The van der Waals surface area contributed by atoms with Crippen LogP contribution in [0.2, 0.25) is 0 Å². The maximum atomic E-state index is 12.0. The number of hydrogen-bond acceptors (Lipinski definition) is 4. The summed E-state index contributed by atoms with van der Waals surface area (Å²) in [4.78, 5) is 18.3. The standard InChI is InChI=1S/C15H26N2O4.CH4/c1-15(2,3)13(17-5-8-19-9-6-17)16-14(18)21-11-12-4-7-20-10-12;/h12H,4-11H2,1-3H3;1H4. The van der Waals surface area contributed by atoms with Crippen molar-refractivity contribution >= 4 is 11.9 Å². The molecule has 2 saturated heterocycles. The number of carbonyl (C=O) groups is 1. The average molecular weight is 314 g/mol. The second-order valence-electron chi connectivity index (χ2n) is 6.59. The molecule has 6 heteroatoms. The average Bonchev–Trinajstić information content (AvgIpc) is 2.95. The van der Waals surface area contributed by atoms with Crippen molar-refractivity contribution in [2.24, 2.45) is 16.3 Å². The van der Waals surface area contributed by atoms with E-state index in [4.69, 9.17) is 14.2 Å². The summed E-state index contributed by atoms with van der Waals surface area (Å²) >= 11 is 0. The van der Waals surface area contributed by atoms with Crippen LogP contribution >= 0.6 is 0 Å². The first-order chi connectivity index (χ1) is 9.97. The van der Waals surface area contributed by atoms with Crippen LogP contribution in [0.5, 0.6) is 0 Å². The van der Waals surface area contributed by atoms with Crippen LogP contribution < -0.4 is 0 Å². The van der Waals surface area contributed by atoms with Gasteiger partial charge in [-0.15, -0.1) is 0 Å². The van der Waals surface area contributed by atoms with Crippen molar-refractivity contribution in [3.05, 3.63) is 0 Å². The molecule has 2 heterocycles. The lowest BCUT2D eigenvalue weighted by Crippen LogP contribution is -2.46. The molecule has 2 fully saturated rings. The molecular weight excluding hydrogens is 284 g/mol. The molecule has 0 radical (unpaired) electrons. The molecule has 128 valence electrons. The van der Waals surface area contributed by atoms with E-state index in [1.807, 2.05) is 0 Å². The van der Waals surface area contributed by atoms with Gasteiger partial charge >= 0.3 is 6.09 Å². The van der Waals surface area contributed by atoms with Crippen LogP contribution in [-0.4, -0.2) is 63.0 Å². The van der Waals surface area contributed by atoms with Gasteiger partial charge in [-0.3, -0.25) is 0 Å². The fourth-order valence-corrected chi connectivity index (χ4v) is 2.51. The third kappa shape index (κ3) is 5.57. The van der Waals surface area contributed by atoms with Gasteiger partial charge in [-0.25, -0.2) is 4.79 Å². The summed E-state index contributed by atoms with van der Waals surface area (Å²) in [6.07, 6.45) is 0.449. The Morgan fingerprint density at radius 1 is 1.23 bits per heavy atom. The van der Waals surface area contributed by atoms with Crippen molar-refractivity contribution in [3.8, 4) is 0 Å². The summed E-state index contributed by atoms with van der Waals surface area (Å²) < 4.78 is 15.9. The van der Waals surface area contributed by atoms with Gasteiger partial charge in [0, 0.05) is 31.0 Å². The molecule has 1 amide bonds. The molecule has 0 aromatic heterocycles. The van der Waals surface area contributed by atoms with E-state index in [9.17, 15) is 4.79 Å². The molecule has 2 aliphatic heterocycles. The van der Waals surface area contributed by atoms with E-state index in [0.29, 0.717) is 32.3 Å². The Labute approximate surface area is 133 Å². The van der Waals surface area contributed by atoms with E-state index in [0.717, 1.165) is 32.0 Å². The highest BCUT2D eigenvalue weighted by molar-refractivity contribution is 5.95. The number of carbonyl (C=O) groups excluding carboxylic acids is 1. The fraction of sp³-hybridized carbons (Fsp3) is 0.875. The molecule has 2 rings (SSSR count). The molecule has 0 saturated carbocycles. The zero-order valence-electron chi connectivity index (χ0n) is 13.3. The second-order valence-corrected chi connectivity index (χ2v) is 6.59.